The van der Waals surface area contributed by atoms with Gasteiger partial charge < -0.3 is 4.74 Å². The summed E-state index contributed by atoms with van der Waals surface area (Å²) in [5.41, 5.74) is 0.511. The Labute approximate surface area is 145 Å². The summed E-state index contributed by atoms with van der Waals surface area (Å²) < 4.78 is 6.20. The Morgan fingerprint density at radius 1 is 0.773 bits per heavy atom. The normalized spacial score (nSPS) is 17.6. The van der Waals surface area contributed by atoms with Crippen LogP contribution in [-0.2, 0) is 4.74 Å². The molecule has 0 aromatic heterocycles. The summed E-state index contributed by atoms with van der Waals surface area (Å²) in [7, 11) is 0. The topological polar surface area (TPSA) is 9.23 Å². The SMILES string of the molecule is CSC(C)CC(C)C(C)(C)COCC(C)(C)C(C)CC(C)C. The highest BCUT2D eigenvalue weighted by atomic mass is 32.2. The minimum atomic E-state index is 0.251. The summed E-state index contributed by atoms with van der Waals surface area (Å²) in [4.78, 5) is 0. The van der Waals surface area contributed by atoms with Crippen LogP contribution in [0.3, 0.4) is 0 Å². The molecule has 1 nitrogen and oxygen atoms in total. The van der Waals surface area contributed by atoms with Gasteiger partial charge in [-0.15, -0.1) is 0 Å². The maximum absolute atomic E-state index is 6.20. The van der Waals surface area contributed by atoms with Crippen molar-refractivity contribution in [2.24, 2.45) is 28.6 Å². The van der Waals surface area contributed by atoms with Crippen molar-refractivity contribution in [3.8, 4) is 0 Å². The van der Waals surface area contributed by atoms with E-state index in [1.165, 1.54) is 12.8 Å². The third-order valence-electron chi connectivity index (χ3n) is 5.53. The van der Waals surface area contributed by atoms with E-state index in [4.69, 9.17) is 4.74 Å². The predicted molar refractivity (Wildman–Crippen MR) is 104 cm³/mol. The van der Waals surface area contributed by atoms with E-state index < -0.39 is 0 Å². The molecule has 3 atom stereocenters. The van der Waals surface area contributed by atoms with Crippen molar-refractivity contribution in [1.29, 1.82) is 0 Å². The molecule has 0 saturated carbocycles. The van der Waals surface area contributed by atoms with E-state index in [0.29, 0.717) is 11.8 Å². The molecule has 2 heteroatoms. The van der Waals surface area contributed by atoms with Crippen LogP contribution in [-0.4, -0.2) is 24.7 Å². The van der Waals surface area contributed by atoms with Crippen LogP contribution in [0.25, 0.3) is 0 Å². The lowest BCUT2D eigenvalue weighted by atomic mass is 9.76. The predicted octanol–water partition coefficient (Wildman–Crippen LogP) is 6.52. The summed E-state index contributed by atoms with van der Waals surface area (Å²) in [6, 6.07) is 0. The van der Waals surface area contributed by atoms with Gasteiger partial charge in [-0.05, 0) is 47.7 Å². The third kappa shape index (κ3) is 8.24. The van der Waals surface area contributed by atoms with Gasteiger partial charge in [0.25, 0.3) is 0 Å². The molecule has 0 heterocycles. The number of rotatable bonds is 11. The monoisotopic (exact) mass is 330 g/mol. The highest BCUT2D eigenvalue weighted by Gasteiger charge is 2.30. The van der Waals surface area contributed by atoms with Crippen LogP contribution < -0.4 is 0 Å². The first-order valence-corrected chi connectivity index (χ1v) is 10.3. The molecule has 3 unspecified atom stereocenters. The molecular weight excluding hydrogens is 288 g/mol. The molecule has 0 rings (SSSR count). The van der Waals surface area contributed by atoms with Crippen molar-refractivity contribution < 1.29 is 4.74 Å². The molecule has 0 spiro atoms. The highest BCUT2D eigenvalue weighted by molar-refractivity contribution is 7.99. The van der Waals surface area contributed by atoms with Crippen LogP contribution in [0.2, 0.25) is 0 Å². The summed E-state index contributed by atoms with van der Waals surface area (Å²) in [6.07, 6.45) is 4.76. The Bertz CT molecular complexity index is 296. The van der Waals surface area contributed by atoms with E-state index in [9.17, 15) is 0 Å². The first-order chi connectivity index (χ1) is 9.92. The zero-order valence-corrected chi connectivity index (χ0v) is 17.8. The standard InChI is InChI=1S/C20H42OS/c1-15(2)11-16(3)19(6,7)13-21-14-20(8,9)17(4)12-18(5)22-10/h15-18H,11-14H2,1-10H3. The molecule has 0 aliphatic rings. The van der Waals surface area contributed by atoms with E-state index in [1.54, 1.807) is 0 Å². The molecule has 0 bridgehead atoms. The second-order valence-electron chi connectivity index (χ2n) is 9.18. The molecule has 0 aliphatic heterocycles. The maximum Gasteiger partial charge on any atom is 0.0519 e. The number of thioether (sulfide) groups is 1. The minimum absolute atomic E-state index is 0.251. The van der Waals surface area contributed by atoms with Gasteiger partial charge in [0.2, 0.25) is 0 Å². The molecule has 0 aliphatic carbocycles. The molecule has 22 heavy (non-hydrogen) atoms. The molecule has 0 radical (unpaired) electrons. The van der Waals surface area contributed by atoms with Gasteiger partial charge >= 0.3 is 0 Å². The van der Waals surface area contributed by atoms with Crippen LogP contribution >= 0.6 is 11.8 Å². The number of hydrogen-bond donors (Lipinski definition) is 0. The molecule has 0 fully saturated rings. The minimum Gasteiger partial charge on any atom is -0.380 e. The lowest BCUT2D eigenvalue weighted by molar-refractivity contribution is -0.0235. The smallest absolute Gasteiger partial charge is 0.0519 e. The van der Waals surface area contributed by atoms with Crippen molar-refractivity contribution in [1.82, 2.24) is 0 Å². The molecule has 0 aromatic rings. The Hall–Kier alpha value is 0.310. The van der Waals surface area contributed by atoms with Gasteiger partial charge in [-0.1, -0.05) is 62.3 Å². The van der Waals surface area contributed by atoms with E-state index in [0.717, 1.165) is 24.4 Å². The second-order valence-corrected chi connectivity index (χ2v) is 10.5. The van der Waals surface area contributed by atoms with E-state index >= 15 is 0 Å². The van der Waals surface area contributed by atoms with Crippen LogP contribution in [0.4, 0.5) is 0 Å². The molecule has 0 amide bonds. The van der Waals surface area contributed by atoms with Gasteiger partial charge in [0.15, 0.2) is 0 Å². The van der Waals surface area contributed by atoms with E-state index in [1.807, 2.05) is 11.8 Å². The van der Waals surface area contributed by atoms with Gasteiger partial charge in [0.05, 0.1) is 13.2 Å². The first kappa shape index (κ1) is 22.3. The van der Waals surface area contributed by atoms with Gasteiger partial charge in [-0.3, -0.25) is 0 Å². The van der Waals surface area contributed by atoms with E-state index in [2.05, 4.69) is 68.6 Å². The molecular formula is C20H42OS. The van der Waals surface area contributed by atoms with Gasteiger partial charge in [0, 0.05) is 5.25 Å². The summed E-state index contributed by atoms with van der Waals surface area (Å²) in [5, 5.41) is 0.733. The number of ether oxygens (including phenoxy) is 1. The van der Waals surface area contributed by atoms with Gasteiger partial charge in [-0.25, -0.2) is 0 Å². The second kappa shape index (κ2) is 9.57. The van der Waals surface area contributed by atoms with Gasteiger partial charge in [-0.2, -0.15) is 11.8 Å². The van der Waals surface area contributed by atoms with Crippen molar-refractivity contribution >= 4 is 11.8 Å². The average molecular weight is 331 g/mol. The van der Waals surface area contributed by atoms with Crippen LogP contribution in [0.1, 0.15) is 75.2 Å². The van der Waals surface area contributed by atoms with Crippen molar-refractivity contribution in [3.63, 3.8) is 0 Å². The summed E-state index contributed by atoms with van der Waals surface area (Å²) >= 11 is 1.97. The molecule has 0 N–H and O–H groups in total. The van der Waals surface area contributed by atoms with Crippen LogP contribution in [0.5, 0.6) is 0 Å². The summed E-state index contributed by atoms with van der Waals surface area (Å²) in [5.74, 6) is 2.15. The Morgan fingerprint density at radius 2 is 1.18 bits per heavy atom. The molecule has 0 aromatic carbocycles. The Kier molecular flexibility index (Phi) is 9.70. The zero-order chi connectivity index (χ0) is 17.6. The fourth-order valence-electron chi connectivity index (χ4n) is 2.80. The molecule has 134 valence electrons. The van der Waals surface area contributed by atoms with Crippen molar-refractivity contribution in [2.75, 3.05) is 19.5 Å². The van der Waals surface area contributed by atoms with Crippen LogP contribution in [0.15, 0.2) is 0 Å². The fourth-order valence-corrected chi connectivity index (χ4v) is 3.28. The van der Waals surface area contributed by atoms with Crippen LogP contribution in [0, 0.1) is 28.6 Å². The maximum atomic E-state index is 6.20. The van der Waals surface area contributed by atoms with Crippen molar-refractivity contribution in [3.05, 3.63) is 0 Å². The average Bonchev–Trinajstić information content (AvgIpc) is 2.36. The Morgan fingerprint density at radius 3 is 1.55 bits per heavy atom. The first-order valence-electron chi connectivity index (χ1n) is 9.03. The zero-order valence-electron chi connectivity index (χ0n) is 17.0. The fraction of sp³-hybridized carbons (Fsp3) is 1.00. The lowest BCUT2D eigenvalue weighted by Crippen LogP contribution is -2.33. The lowest BCUT2D eigenvalue weighted by Gasteiger charge is -2.37. The van der Waals surface area contributed by atoms with E-state index in [-0.39, 0.29) is 10.8 Å². The third-order valence-corrected chi connectivity index (χ3v) is 6.53. The highest BCUT2D eigenvalue weighted by Crippen LogP contribution is 2.35. The molecule has 0 saturated heterocycles. The largest absolute Gasteiger partial charge is 0.380 e. The number of hydrogen-bond acceptors (Lipinski definition) is 2. The van der Waals surface area contributed by atoms with Gasteiger partial charge in [0.1, 0.15) is 0 Å². The Balaban J connectivity index is 4.36. The quantitative estimate of drug-likeness (QED) is 0.427. The summed E-state index contributed by atoms with van der Waals surface area (Å²) in [6.45, 7) is 22.9. The van der Waals surface area contributed by atoms with Crippen molar-refractivity contribution in [2.45, 2.75) is 80.4 Å².